The third-order valence-electron chi connectivity index (χ3n) is 0.767. The van der Waals surface area contributed by atoms with Crippen molar-refractivity contribution in [3.8, 4) is 0 Å². The number of aliphatic hydroxyl groups is 1. The molecule has 0 aromatic heterocycles. The molecule has 0 saturated heterocycles. The van der Waals surface area contributed by atoms with Crippen LogP contribution in [0.1, 0.15) is 19.8 Å². The first-order chi connectivity index (χ1) is 3.81. The van der Waals surface area contributed by atoms with Crippen LogP contribution in [-0.2, 0) is 4.79 Å². The van der Waals surface area contributed by atoms with Gasteiger partial charge in [-0.1, -0.05) is 6.92 Å². The molecule has 0 fully saturated rings. The van der Waals surface area contributed by atoms with Crippen LogP contribution in [0, 0.1) is 0 Å². The zero-order valence-corrected chi connectivity index (χ0v) is 4.92. The van der Waals surface area contributed by atoms with Crippen LogP contribution in [0.2, 0.25) is 0 Å². The van der Waals surface area contributed by atoms with E-state index in [1.54, 1.807) is 0 Å². The maximum absolute atomic E-state index is 9.65. The van der Waals surface area contributed by atoms with Gasteiger partial charge in [-0.25, -0.2) is 0 Å². The first-order valence-electron chi connectivity index (χ1n) is 2.64. The number of rotatable bonds is 3. The molecular weight excluding hydrogens is 104 g/mol. The van der Waals surface area contributed by atoms with E-state index < -0.39 is 0 Å². The second-order valence-corrected chi connectivity index (χ2v) is 1.54. The maximum atomic E-state index is 9.65. The van der Waals surface area contributed by atoms with Gasteiger partial charge >= 0.3 is 0 Å². The van der Waals surface area contributed by atoms with Crippen molar-refractivity contribution in [3.63, 3.8) is 0 Å². The average Bonchev–Trinajstić information content (AvgIpc) is 1.68. The van der Waals surface area contributed by atoms with Gasteiger partial charge in [-0.3, -0.25) is 4.79 Å². The second kappa shape index (κ2) is 4.37. The normalized spacial score (nSPS) is 11.4. The van der Waals surface area contributed by atoms with Crippen LogP contribution in [-0.4, -0.2) is 11.4 Å². The molecule has 0 heterocycles. The molecule has 1 N–H and O–H groups in total. The fourth-order valence-corrected chi connectivity index (χ4v) is 0.418. The lowest BCUT2D eigenvalue weighted by molar-refractivity contribution is -0.104. The molecule has 46 valence electrons. The Hall–Kier alpha value is -0.790. The molecular formula is C6H10O2. The summed E-state index contributed by atoms with van der Waals surface area (Å²) in [6.45, 7) is 1.94. The Labute approximate surface area is 48.8 Å². The number of allylic oxidation sites excluding steroid dienone is 2. The van der Waals surface area contributed by atoms with Gasteiger partial charge in [0.25, 0.3) is 0 Å². The monoisotopic (exact) mass is 114 g/mol. The van der Waals surface area contributed by atoms with Crippen molar-refractivity contribution < 1.29 is 9.90 Å². The van der Waals surface area contributed by atoms with Crippen LogP contribution in [0.3, 0.4) is 0 Å². The number of aldehydes is 1. The molecule has 0 atom stereocenters. The Bertz CT molecular complexity index is 94.7. The molecule has 0 aliphatic heterocycles. The summed E-state index contributed by atoms with van der Waals surface area (Å²) < 4.78 is 0. The van der Waals surface area contributed by atoms with Gasteiger partial charge in [0, 0.05) is 12.5 Å². The third kappa shape index (κ3) is 3.40. The van der Waals surface area contributed by atoms with Crippen molar-refractivity contribution in [1.82, 2.24) is 0 Å². The lowest BCUT2D eigenvalue weighted by Crippen LogP contribution is -1.78. The van der Waals surface area contributed by atoms with Gasteiger partial charge in [0.2, 0.25) is 0 Å². The van der Waals surface area contributed by atoms with Crippen LogP contribution in [0.4, 0.5) is 0 Å². The summed E-state index contributed by atoms with van der Waals surface area (Å²) in [5, 5.41) is 8.68. The predicted molar refractivity (Wildman–Crippen MR) is 31.7 cm³/mol. The first kappa shape index (κ1) is 7.21. The van der Waals surface area contributed by atoms with Crippen LogP contribution in [0.15, 0.2) is 11.8 Å². The van der Waals surface area contributed by atoms with Crippen molar-refractivity contribution in [2.24, 2.45) is 0 Å². The molecule has 0 unspecified atom stereocenters. The van der Waals surface area contributed by atoms with Crippen molar-refractivity contribution in [1.29, 1.82) is 0 Å². The van der Waals surface area contributed by atoms with Gasteiger partial charge < -0.3 is 5.11 Å². The summed E-state index contributed by atoms with van der Waals surface area (Å²) >= 11 is 0. The molecule has 0 aromatic rings. The van der Waals surface area contributed by atoms with E-state index in [1.807, 2.05) is 6.92 Å². The highest BCUT2D eigenvalue weighted by molar-refractivity contribution is 5.65. The molecule has 0 amide bonds. The standard InChI is InChI=1S/C6H10O2/c1-2-3-6(8)4-5-7/h4-5,8H,2-3H2,1H3/b6-4-. The molecule has 0 aromatic carbocycles. The Morgan fingerprint density at radius 2 is 2.38 bits per heavy atom. The van der Waals surface area contributed by atoms with Crippen molar-refractivity contribution >= 4 is 6.29 Å². The lowest BCUT2D eigenvalue weighted by atomic mass is 10.3. The van der Waals surface area contributed by atoms with E-state index in [0.717, 1.165) is 6.42 Å². The molecule has 2 heteroatoms. The minimum absolute atomic E-state index is 0.169. The van der Waals surface area contributed by atoms with Crippen LogP contribution >= 0.6 is 0 Å². The van der Waals surface area contributed by atoms with Crippen molar-refractivity contribution in [2.45, 2.75) is 19.8 Å². The van der Waals surface area contributed by atoms with Gasteiger partial charge in [0.05, 0.1) is 5.76 Å². The van der Waals surface area contributed by atoms with E-state index in [9.17, 15) is 4.79 Å². The van der Waals surface area contributed by atoms with Gasteiger partial charge in [-0.05, 0) is 6.42 Å². The molecule has 0 spiro atoms. The fraction of sp³-hybridized carbons (Fsp3) is 0.500. The summed E-state index contributed by atoms with van der Waals surface area (Å²) in [5.74, 6) is 0.169. The van der Waals surface area contributed by atoms with E-state index >= 15 is 0 Å². The Balaban J connectivity index is 3.44. The summed E-state index contributed by atoms with van der Waals surface area (Å²) in [7, 11) is 0. The zero-order valence-electron chi connectivity index (χ0n) is 4.92. The second-order valence-electron chi connectivity index (χ2n) is 1.54. The number of hydrogen-bond donors (Lipinski definition) is 1. The van der Waals surface area contributed by atoms with Gasteiger partial charge in [-0.15, -0.1) is 0 Å². The number of carbonyl (C=O) groups is 1. The Kier molecular flexibility index (Phi) is 3.94. The smallest absolute Gasteiger partial charge is 0.146 e. The lowest BCUT2D eigenvalue weighted by Gasteiger charge is -1.89. The summed E-state index contributed by atoms with van der Waals surface area (Å²) in [6.07, 6.45) is 3.23. The highest BCUT2D eigenvalue weighted by Crippen LogP contribution is 1.96. The van der Waals surface area contributed by atoms with Gasteiger partial charge in [0.15, 0.2) is 0 Å². The van der Waals surface area contributed by atoms with Crippen LogP contribution < -0.4 is 0 Å². The van der Waals surface area contributed by atoms with E-state index in [4.69, 9.17) is 5.11 Å². The Morgan fingerprint density at radius 3 is 2.75 bits per heavy atom. The van der Waals surface area contributed by atoms with E-state index in [0.29, 0.717) is 12.7 Å². The minimum Gasteiger partial charge on any atom is -0.512 e. The average molecular weight is 114 g/mol. The zero-order chi connectivity index (χ0) is 6.41. The molecule has 0 rings (SSSR count). The largest absolute Gasteiger partial charge is 0.512 e. The topological polar surface area (TPSA) is 37.3 Å². The van der Waals surface area contributed by atoms with Gasteiger partial charge in [0.1, 0.15) is 6.29 Å². The third-order valence-corrected chi connectivity index (χ3v) is 0.767. The maximum Gasteiger partial charge on any atom is 0.146 e. The number of carbonyl (C=O) groups excluding carboxylic acids is 1. The first-order valence-corrected chi connectivity index (χ1v) is 2.64. The van der Waals surface area contributed by atoms with E-state index in [2.05, 4.69) is 0 Å². The molecule has 0 aliphatic carbocycles. The highest BCUT2D eigenvalue weighted by atomic mass is 16.3. The highest BCUT2D eigenvalue weighted by Gasteiger charge is 1.85. The van der Waals surface area contributed by atoms with Crippen molar-refractivity contribution in [3.05, 3.63) is 11.8 Å². The van der Waals surface area contributed by atoms with Crippen LogP contribution in [0.5, 0.6) is 0 Å². The van der Waals surface area contributed by atoms with E-state index in [-0.39, 0.29) is 5.76 Å². The molecule has 0 aliphatic rings. The molecule has 0 saturated carbocycles. The summed E-state index contributed by atoms with van der Waals surface area (Å²) in [6, 6.07) is 0. The SMILES string of the molecule is CCC/C(O)=C/C=O. The van der Waals surface area contributed by atoms with E-state index in [1.165, 1.54) is 6.08 Å². The molecule has 8 heavy (non-hydrogen) atoms. The quantitative estimate of drug-likeness (QED) is 0.342. The predicted octanol–water partition coefficient (Wildman–Crippen LogP) is 1.43. The van der Waals surface area contributed by atoms with Crippen molar-refractivity contribution in [2.75, 3.05) is 0 Å². The van der Waals surface area contributed by atoms with Gasteiger partial charge in [-0.2, -0.15) is 0 Å². The molecule has 2 nitrogen and oxygen atoms in total. The number of hydrogen-bond acceptors (Lipinski definition) is 2. The molecule has 0 bridgehead atoms. The van der Waals surface area contributed by atoms with Crippen LogP contribution in [0.25, 0.3) is 0 Å². The minimum atomic E-state index is 0.169. The fourth-order valence-electron chi connectivity index (χ4n) is 0.418. The molecule has 0 radical (unpaired) electrons. The Morgan fingerprint density at radius 1 is 1.75 bits per heavy atom. The summed E-state index contributed by atoms with van der Waals surface area (Å²) in [4.78, 5) is 9.65. The number of aliphatic hydroxyl groups excluding tert-OH is 1. The summed E-state index contributed by atoms with van der Waals surface area (Å²) in [5.41, 5.74) is 0.